The van der Waals surface area contributed by atoms with Crippen LogP contribution >= 0.6 is 11.8 Å². The smallest absolute Gasteiger partial charge is 0.132 e. The Bertz CT molecular complexity index is 972. The Morgan fingerprint density at radius 3 is 1.71 bits per heavy atom. The first-order chi connectivity index (χ1) is 17.2. The lowest BCUT2D eigenvalue weighted by atomic mass is 9.99. The van der Waals surface area contributed by atoms with E-state index in [1.807, 2.05) is 91.0 Å². The summed E-state index contributed by atoms with van der Waals surface area (Å²) in [6.07, 6.45) is -2.24. The predicted molar refractivity (Wildman–Crippen MR) is 139 cm³/mol. The highest BCUT2D eigenvalue weighted by atomic mass is 32.2. The van der Waals surface area contributed by atoms with Crippen LogP contribution < -0.4 is 0 Å². The van der Waals surface area contributed by atoms with Crippen LogP contribution in [0.2, 0.25) is 0 Å². The number of hydrogen-bond acceptors (Lipinski definition) is 6. The topological polar surface area (TPSA) is 57.2 Å². The van der Waals surface area contributed by atoms with Gasteiger partial charge in [-0.2, -0.15) is 0 Å². The molecule has 0 aliphatic carbocycles. The molecule has 1 aliphatic rings. The zero-order chi connectivity index (χ0) is 24.3. The van der Waals surface area contributed by atoms with Gasteiger partial charge in [0.15, 0.2) is 0 Å². The molecule has 0 radical (unpaired) electrons. The maximum atomic E-state index is 11.2. The van der Waals surface area contributed by atoms with Crippen molar-refractivity contribution in [1.82, 2.24) is 0 Å². The van der Waals surface area contributed by atoms with Gasteiger partial charge in [-0.3, -0.25) is 0 Å². The quantitative estimate of drug-likeness (QED) is 0.373. The van der Waals surface area contributed by atoms with Gasteiger partial charge in [-0.25, -0.2) is 0 Å². The molecular weight excluding hydrogens is 460 g/mol. The molecule has 3 aromatic rings. The van der Waals surface area contributed by atoms with Crippen LogP contribution in [0, 0.1) is 0 Å². The average molecular weight is 495 g/mol. The minimum atomic E-state index is -0.824. The van der Waals surface area contributed by atoms with E-state index < -0.39 is 23.7 Å². The molecule has 4 rings (SSSR count). The first kappa shape index (κ1) is 25.9. The largest absolute Gasteiger partial charge is 0.387 e. The van der Waals surface area contributed by atoms with Gasteiger partial charge in [0, 0.05) is 0 Å². The van der Waals surface area contributed by atoms with Crippen molar-refractivity contribution in [2.75, 3.05) is 12.4 Å². The first-order valence-electron chi connectivity index (χ1n) is 12.1. The summed E-state index contributed by atoms with van der Waals surface area (Å²) in [5.74, 6) is 0.820. The molecule has 0 saturated carbocycles. The van der Waals surface area contributed by atoms with Crippen LogP contribution in [0.15, 0.2) is 91.0 Å². The van der Waals surface area contributed by atoms with Gasteiger partial charge in [-0.05, 0) is 22.4 Å². The summed E-state index contributed by atoms with van der Waals surface area (Å²) in [6.45, 7) is 3.66. The standard InChI is InChI=1S/C29H34O5S/c1-2-35-29-26(30)28(33-20-24-16-10-5-11-17-24)27(32-19-23-14-8-4-9-15-23)25(34-29)21-31-18-22-12-6-3-7-13-22/h3-17,25-30H,2,18-21H2,1H3/t25-,26+,27-,28-,29+/m1/s1. The molecule has 1 aliphatic heterocycles. The summed E-state index contributed by atoms with van der Waals surface area (Å²) >= 11 is 1.57. The highest BCUT2D eigenvalue weighted by molar-refractivity contribution is 7.99. The molecule has 1 fully saturated rings. The highest BCUT2D eigenvalue weighted by Gasteiger charge is 2.47. The third kappa shape index (κ3) is 7.64. The SMILES string of the molecule is CCS[C@@H]1O[C@H](COCc2ccccc2)[C@@H](OCc2ccccc2)[C@H](OCc2ccccc2)[C@@H]1O. The van der Waals surface area contributed by atoms with Crippen molar-refractivity contribution in [2.24, 2.45) is 0 Å². The highest BCUT2D eigenvalue weighted by Crippen LogP contribution is 2.33. The van der Waals surface area contributed by atoms with Crippen LogP contribution in [-0.4, -0.2) is 47.3 Å². The van der Waals surface area contributed by atoms with Gasteiger partial charge in [0.2, 0.25) is 0 Å². The van der Waals surface area contributed by atoms with E-state index >= 15 is 0 Å². The molecule has 1 heterocycles. The van der Waals surface area contributed by atoms with Crippen LogP contribution in [0.25, 0.3) is 0 Å². The lowest BCUT2D eigenvalue weighted by molar-refractivity contribution is -0.243. The number of rotatable bonds is 12. The van der Waals surface area contributed by atoms with E-state index in [4.69, 9.17) is 18.9 Å². The van der Waals surface area contributed by atoms with Crippen molar-refractivity contribution >= 4 is 11.8 Å². The number of aliphatic hydroxyl groups excluding tert-OH is 1. The van der Waals surface area contributed by atoms with E-state index in [0.717, 1.165) is 22.4 Å². The molecule has 0 spiro atoms. The molecule has 0 unspecified atom stereocenters. The van der Waals surface area contributed by atoms with E-state index in [1.165, 1.54) is 0 Å². The Balaban J connectivity index is 1.50. The van der Waals surface area contributed by atoms with Crippen LogP contribution in [-0.2, 0) is 38.8 Å². The van der Waals surface area contributed by atoms with Gasteiger partial charge >= 0.3 is 0 Å². The molecule has 5 nitrogen and oxygen atoms in total. The van der Waals surface area contributed by atoms with E-state index in [-0.39, 0.29) is 6.10 Å². The Hall–Kier alpha value is -2.19. The Morgan fingerprint density at radius 1 is 0.714 bits per heavy atom. The van der Waals surface area contributed by atoms with Gasteiger partial charge < -0.3 is 24.1 Å². The Morgan fingerprint density at radius 2 is 1.20 bits per heavy atom. The summed E-state index contributed by atoms with van der Waals surface area (Å²) in [4.78, 5) is 0. The second-order valence-corrected chi connectivity index (χ2v) is 9.89. The van der Waals surface area contributed by atoms with Crippen LogP contribution in [0.5, 0.6) is 0 Å². The van der Waals surface area contributed by atoms with E-state index in [1.54, 1.807) is 11.8 Å². The fourth-order valence-electron chi connectivity index (χ4n) is 4.12. The molecule has 1 N–H and O–H groups in total. The lowest BCUT2D eigenvalue weighted by Crippen LogP contribution is -2.59. The number of ether oxygens (including phenoxy) is 4. The number of benzene rings is 3. The summed E-state index contributed by atoms with van der Waals surface area (Å²) in [5, 5.41) is 11.2. The van der Waals surface area contributed by atoms with Gasteiger partial charge in [-0.1, -0.05) is 97.9 Å². The van der Waals surface area contributed by atoms with Crippen molar-refractivity contribution in [3.05, 3.63) is 108 Å². The van der Waals surface area contributed by atoms with Crippen molar-refractivity contribution < 1.29 is 24.1 Å². The number of thioether (sulfide) groups is 1. The molecular formula is C29H34O5S. The molecule has 0 aromatic heterocycles. The molecule has 1 saturated heterocycles. The normalized spacial score (nSPS) is 24.3. The van der Waals surface area contributed by atoms with Crippen molar-refractivity contribution in [3.8, 4) is 0 Å². The zero-order valence-electron chi connectivity index (χ0n) is 20.1. The van der Waals surface area contributed by atoms with E-state index in [2.05, 4.69) is 6.92 Å². The van der Waals surface area contributed by atoms with Gasteiger partial charge in [0.25, 0.3) is 0 Å². The molecule has 5 atom stereocenters. The minimum Gasteiger partial charge on any atom is -0.387 e. The summed E-state index contributed by atoms with van der Waals surface area (Å²) in [7, 11) is 0. The van der Waals surface area contributed by atoms with Crippen molar-refractivity contribution in [3.63, 3.8) is 0 Å². The zero-order valence-corrected chi connectivity index (χ0v) is 20.9. The predicted octanol–water partition coefficient (Wildman–Crippen LogP) is 5.21. The first-order valence-corrected chi connectivity index (χ1v) is 13.2. The Labute approximate surface area is 212 Å². The van der Waals surface area contributed by atoms with Gasteiger partial charge in [0.05, 0.1) is 26.4 Å². The lowest BCUT2D eigenvalue weighted by Gasteiger charge is -2.44. The second kappa shape index (κ2) is 13.8. The summed E-state index contributed by atoms with van der Waals surface area (Å²) in [6, 6.07) is 30.1. The molecule has 3 aromatic carbocycles. The molecule has 0 amide bonds. The maximum Gasteiger partial charge on any atom is 0.132 e. The van der Waals surface area contributed by atoms with E-state index in [0.29, 0.717) is 26.4 Å². The monoisotopic (exact) mass is 494 g/mol. The van der Waals surface area contributed by atoms with E-state index in [9.17, 15) is 5.11 Å². The van der Waals surface area contributed by atoms with Crippen molar-refractivity contribution in [2.45, 2.75) is 56.6 Å². The fraction of sp³-hybridized carbons (Fsp3) is 0.379. The van der Waals surface area contributed by atoms with Crippen LogP contribution in [0.1, 0.15) is 23.6 Å². The van der Waals surface area contributed by atoms with Crippen LogP contribution in [0.3, 0.4) is 0 Å². The van der Waals surface area contributed by atoms with Crippen LogP contribution in [0.4, 0.5) is 0 Å². The summed E-state index contributed by atoms with van der Waals surface area (Å²) in [5.41, 5.74) is 2.78. The molecule has 35 heavy (non-hydrogen) atoms. The molecule has 0 bridgehead atoms. The molecule has 6 heteroatoms. The third-order valence-corrected chi connectivity index (χ3v) is 6.96. The van der Waals surface area contributed by atoms with Gasteiger partial charge in [-0.15, -0.1) is 11.8 Å². The fourth-order valence-corrected chi connectivity index (χ4v) is 5.03. The average Bonchev–Trinajstić information content (AvgIpc) is 2.90. The Kier molecular flexibility index (Phi) is 10.2. The molecule has 186 valence electrons. The summed E-state index contributed by atoms with van der Waals surface area (Å²) < 4.78 is 25.1. The van der Waals surface area contributed by atoms with Gasteiger partial charge in [0.1, 0.15) is 29.9 Å². The second-order valence-electron chi connectivity index (χ2n) is 8.51. The third-order valence-electron chi connectivity index (χ3n) is 5.91. The maximum absolute atomic E-state index is 11.2. The number of hydrogen-bond donors (Lipinski definition) is 1. The van der Waals surface area contributed by atoms with Crippen molar-refractivity contribution in [1.29, 1.82) is 0 Å². The minimum absolute atomic E-state index is 0.340. The number of aliphatic hydroxyl groups is 1.